The zero-order valence-electron chi connectivity index (χ0n) is 10.1. The van der Waals surface area contributed by atoms with Crippen LogP contribution in [0.4, 0.5) is 0 Å². The molecule has 0 bridgehead atoms. The van der Waals surface area contributed by atoms with E-state index in [0.717, 1.165) is 24.6 Å². The molecule has 0 spiro atoms. The Kier molecular flexibility index (Phi) is 7.46. The van der Waals surface area contributed by atoms with Gasteiger partial charge in [0.25, 0.3) is 0 Å². The molecular formula is C11H23N3OS. The smallest absolute Gasteiger partial charge is 0.166 e. The Morgan fingerprint density at radius 2 is 1.94 bits per heavy atom. The van der Waals surface area contributed by atoms with E-state index in [9.17, 15) is 0 Å². The lowest BCUT2D eigenvalue weighted by atomic mass is 10.4. The van der Waals surface area contributed by atoms with E-state index >= 15 is 0 Å². The fourth-order valence-electron chi connectivity index (χ4n) is 1.84. The normalized spacial score (nSPS) is 16.3. The highest BCUT2D eigenvalue weighted by molar-refractivity contribution is 7.80. The zero-order chi connectivity index (χ0) is 11.6. The molecule has 0 aliphatic carbocycles. The van der Waals surface area contributed by atoms with Gasteiger partial charge in [0.2, 0.25) is 0 Å². The SMILES string of the molecule is COCCNC(=S)NCCCN1CCCC1. The maximum absolute atomic E-state index is 5.12. The predicted molar refractivity (Wildman–Crippen MR) is 70.8 cm³/mol. The number of hydrogen-bond donors (Lipinski definition) is 2. The number of ether oxygens (including phenoxy) is 1. The summed E-state index contributed by atoms with van der Waals surface area (Å²) in [4.78, 5) is 2.52. The molecule has 2 N–H and O–H groups in total. The first kappa shape index (κ1) is 13.7. The first-order chi connectivity index (χ1) is 7.83. The number of rotatable bonds is 7. The van der Waals surface area contributed by atoms with Gasteiger partial charge in [-0.1, -0.05) is 0 Å². The monoisotopic (exact) mass is 245 g/mol. The molecule has 1 aliphatic rings. The number of nitrogens with one attached hydrogen (secondary N) is 2. The molecule has 4 nitrogen and oxygen atoms in total. The van der Waals surface area contributed by atoms with Crippen molar-refractivity contribution in [2.24, 2.45) is 0 Å². The highest BCUT2D eigenvalue weighted by Crippen LogP contribution is 2.06. The summed E-state index contributed by atoms with van der Waals surface area (Å²) in [7, 11) is 1.69. The molecule has 94 valence electrons. The van der Waals surface area contributed by atoms with Crippen LogP contribution < -0.4 is 10.6 Å². The summed E-state index contributed by atoms with van der Waals surface area (Å²) in [6, 6.07) is 0. The van der Waals surface area contributed by atoms with Gasteiger partial charge in [0, 0.05) is 20.2 Å². The summed E-state index contributed by atoms with van der Waals surface area (Å²) in [5, 5.41) is 7.03. The van der Waals surface area contributed by atoms with Crippen LogP contribution in [0.1, 0.15) is 19.3 Å². The summed E-state index contributed by atoms with van der Waals surface area (Å²) in [6.45, 7) is 6.15. The van der Waals surface area contributed by atoms with E-state index in [1.807, 2.05) is 0 Å². The van der Waals surface area contributed by atoms with Gasteiger partial charge in [0.1, 0.15) is 0 Å². The van der Waals surface area contributed by atoms with Gasteiger partial charge in [-0.2, -0.15) is 0 Å². The lowest BCUT2D eigenvalue weighted by molar-refractivity contribution is 0.204. The minimum absolute atomic E-state index is 0.690. The van der Waals surface area contributed by atoms with E-state index < -0.39 is 0 Å². The number of nitrogens with zero attached hydrogens (tertiary/aromatic N) is 1. The summed E-state index contributed by atoms with van der Waals surface area (Å²) in [5.74, 6) is 0. The zero-order valence-corrected chi connectivity index (χ0v) is 10.9. The number of thiocarbonyl (C=S) groups is 1. The average Bonchev–Trinajstić information content (AvgIpc) is 2.78. The van der Waals surface area contributed by atoms with Crippen LogP contribution in [0.25, 0.3) is 0 Å². The third kappa shape index (κ3) is 6.25. The number of likely N-dealkylation sites (tertiary alicyclic amines) is 1. The molecule has 0 saturated carbocycles. The molecule has 1 rings (SSSR count). The molecule has 0 atom stereocenters. The van der Waals surface area contributed by atoms with Gasteiger partial charge in [-0.15, -0.1) is 0 Å². The topological polar surface area (TPSA) is 36.5 Å². The van der Waals surface area contributed by atoms with Gasteiger partial charge in [0.05, 0.1) is 6.61 Å². The van der Waals surface area contributed by atoms with Crippen molar-refractivity contribution in [3.8, 4) is 0 Å². The van der Waals surface area contributed by atoms with Crippen molar-refractivity contribution in [3.05, 3.63) is 0 Å². The summed E-state index contributed by atoms with van der Waals surface area (Å²) in [5.41, 5.74) is 0. The van der Waals surface area contributed by atoms with Crippen LogP contribution in [0.5, 0.6) is 0 Å². The van der Waals surface area contributed by atoms with Crippen LogP contribution >= 0.6 is 12.2 Å². The van der Waals surface area contributed by atoms with Gasteiger partial charge in [0.15, 0.2) is 5.11 Å². The Morgan fingerprint density at radius 3 is 2.62 bits per heavy atom. The lowest BCUT2D eigenvalue weighted by Crippen LogP contribution is -2.38. The Morgan fingerprint density at radius 1 is 1.25 bits per heavy atom. The van der Waals surface area contributed by atoms with Gasteiger partial charge in [-0.05, 0) is 51.1 Å². The van der Waals surface area contributed by atoms with Crippen LogP contribution in [0.2, 0.25) is 0 Å². The standard InChI is InChI=1S/C11H23N3OS/c1-15-10-6-13-11(16)12-5-4-9-14-7-2-3-8-14/h2-10H2,1H3,(H2,12,13,16). The van der Waals surface area contributed by atoms with Crippen molar-refractivity contribution >= 4 is 17.3 Å². The summed E-state index contributed by atoms with van der Waals surface area (Å²) in [6.07, 6.45) is 3.89. The van der Waals surface area contributed by atoms with Crippen molar-refractivity contribution in [3.63, 3.8) is 0 Å². The van der Waals surface area contributed by atoms with Crippen LogP contribution in [0.3, 0.4) is 0 Å². The quantitative estimate of drug-likeness (QED) is 0.507. The van der Waals surface area contributed by atoms with Gasteiger partial charge < -0.3 is 20.3 Å². The molecular weight excluding hydrogens is 222 g/mol. The highest BCUT2D eigenvalue weighted by Gasteiger charge is 2.09. The molecule has 0 unspecified atom stereocenters. The van der Waals surface area contributed by atoms with Crippen LogP contribution in [-0.2, 0) is 4.74 Å². The van der Waals surface area contributed by atoms with Crippen molar-refractivity contribution in [2.45, 2.75) is 19.3 Å². The molecule has 16 heavy (non-hydrogen) atoms. The Hall–Kier alpha value is -0.390. The average molecular weight is 245 g/mol. The van der Waals surface area contributed by atoms with Gasteiger partial charge >= 0.3 is 0 Å². The van der Waals surface area contributed by atoms with Crippen molar-refractivity contribution in [2.75, 3.05) is 46.4 Å². The first-order valence-electron chi connectivity index (χ1n) is 6.06. The second kappa shape index (κ2) is 8.73. The van der Waals surface area contributed by atoms with Crippen LogP contribution in [0, 0.1) is 0 Å². The van der Waals surface area contributed by atoms with E-state index in [-0.39, 0.29) is 0 Å². The second-order valence-corrected chi connectivity index (χ2v) is 4.49. The Balaban J connectivity index is 1.87. The maximum Gasteiger partial charge on any atom is 0.166 e. The van der Waals surface area contributed by atoms with Gasteiger partial charge in [-0.3, -0.25) is 0 Å². The van der Waals surface area contributed by atoms with Crippen LogP contribution in [0.15, 0.2) is 0 Å². The fourth-order valence-corrected chi connectivity index (χ4v) is 2.04. The summed E-state index contributed by atoms with van der Waals surface area (Å²) < 4.78 is 4.93. The molecule has 5 heteroatoms. The van der Waals surface area contributed by atoms with E-state index in [2.05, 4.69) is 15.5 Å². The molecule has 1 saturated heterocycles. The molecule has 0 amide bonds. The molecule has 0 aromatic rings. The Bertz CT molecular complexity index is 196. The third-order valence-corrected chi connectivity index (χ3v) is 3.02. The fraction of sp³-hybridized carbons (Fsp3) is 0.909. The first-order valence-corrected chi connectivity index (χ1v) is 6.47. The number of methoxy groups -OCH3 is 1. The third-order valence-electron chi connectivity index (χ3n) is 2.73. The minimum atomic E-state index is 0.690. The lowest BCUT2D eigenvalue weighted by Gasteiger charge is -2.15. The second-order valence-electron chi connectivity index (χ2n) is 4.08. The summed E-state index contributed by atoms with van der Waals surface area (Å²) >= 11 is 5.12. The van der Waals surface area contributed by atoms with E-state index in [1.165, 1.54) is 32.5 Å². The minimum Gasteiger partial charge on any atom is -0.383 e. The van der Waals surface area contributed by atoms with Gasteiger partial charge in [-0.25, -0.2) is 0 Å². The van der Waals surface area contributed by atoms with Crippen LogP contribution in [-0.4, -0.2) is 56.5 Å². The van der Waals surface area contributed by atoms with E-state index in [4.69, 9.17) is 17.0 Å². The van der Waals surface area contributed by atoms with E-state index in [1.54, 1.807) is 7.11 Å². The number of hydrogen-bond acceptors (Lipinski definition) is 3. The molecule has 1 fully saturated rings. The molecule has 1 aliphatic heterocycles. The van der Waals surface area contributed by atoms with Crippen molar-refractivity contribution in [1.82, 2.24) is 15.5 Å². The highest BCUT2D eigenvalue weighted by atomic mass is 32.1. The molecule has 0 aromatic heterocycles. The predicted octanol–water partition coefficient (Wildman–Crippen LogP) is 0.583. The molecule has 0 radical (unpaired) electrons. The molecule has 1 heterocycles. The Labute approximate surface area is 104 Å². The van der Waals surface area contributed by atoms with E-state index in [0.29, 0.717) is 6.61 Å². The molecule has 0 aromatic carbocycles. The largest absolute Gasteiger partial charge is 0.383 e. The maximum atomic E-state index is 5.12. The van der Waals surface area contributed by atoms with Crippen molar-refractivity contribution < 1.29 is 4.74 Å². The van der Waals surface area contributed by atoms with Crippen molar-refractivity contribution in [1.29, 1.82) is 0 Å².